The van der Waals surface area contributed by atoms with Crippen molar-refractivity contribution in [3.8, 4) is 5.75 Å². The van der Waals surface area contributed by atoms with Crippen molar-refractivity contribution in [3.05, 3.63) is 58.9 Å². The SMILES string of the molecule is COc1ccc2c(c1)CCN(C(=O)CC(F)(F)F)[C@H]2C(=O)Nc1ccc(C(C)(C)C)c(F)c1. The molecule has 0 saturated heterocycles. The number of halogens is 4. The predicted octanol–water partition coefficient (Wildman–Crippen LogP) is 5.15. The molecule has 1 aliphatic heterocycles. The average molecular weight is 466 g/mol. The minimum Gasteiger partial charge on any atom is -0.497 e. The van der Waals surface area contributed by atoms with E-state index in [-0.39, 0.29) is 18.7 Å². The fraction of sp³-hybridized carbons (Fsp3) is 0.417. The average Bonchev–Trinajstić information content (AvgIpc) is 2.70. The Morgan fingerprint density at radius 1 is 1.12 bits per heavy atom. The fourth-order valence-corrected chi connectivity index (χ4v) is 3.97. The summed E-state index contributed by atoms with van der Waals surface area (Å²) in [5.41, 5.74) is 1.25. The molecule has 1 N–H and O–H groups in total. The molecule has 0 fully saturated rings. The second kappa shape index (κ2) is 9.03. The summed E-state index contributed by atoms with van der Waals surface area (Å²) in [6.07, 6.45) is -6.10. The first-order valence-corrected chi connectivity index (χ1v) is 10.4. The third-order valence-corrected chi connectivity index (χ3v) is 5.54. The number of ether oxygens (including phenoxy) is 1. The summed E-state index contributed by atoms with van der Waals surface area (Å²) in [4.78, 5) is 26.6. The van der Waals surface area contributed by atoms with Crippen LogP contribution in [0.5, 0.6) is 5.75 Å². The van der Waals surface area contributed by atoms with Crippen LogP contribution in [0.4, 0.5) is 23.2 Å². The van der Waals surface area contributed by atoms with Gasteiger partial charge in [0.1, 0.15) is 24.0 Å². The van der Waals surface area contributed by atoms with Crippen LogP contribution in [0.1, 0.15) is 49.9 Å². The van der Waals surface area contributed by atoms with E-state index in [2.05, 4.69) is 5.32 Å². The molecule has 5 nitrogen and oxygen atoms in total. The highest BCUT2D eigenvalue weighted by Crippen LogP contribution is 2.35. The van der Waals surface area contributed by atoms with E-state index in [9.17, 15) is 27.2 Å². The highest BCUT2D eigenvalue weighted by molar-refractivity contribution is 5.98. The van der Waals surface area contributed by atoms with E-state index in [1.165, 1.54) is 13.2 Å². The third kappa shape index (κ3) is 5.64. The number of carbonyl (C=O) groups is 2. The van der Waals surface area contributed by atoms with Crippen molar-refractivity contribution in [1.82, 2.24) is 4.90 Å². The molecular weight excluding hydrogens is 440 g/mol. The maximum absolute atomic E-state index is 14.6. The Labute approximate surface area is 189 Å². The largest absolute Gasteiger partial charge is 0.497 e. The molecular formula is C24H26F4N2O3. The van der Waals surface area contributed by atoms with E-state index in [1.807, 2.05) is 20.8 Å². The third-order valence-electron chi connectivity index (χ3n) is 5.54. The number of amides is 2. The maximum atomic E-state index is 14.6. The van der Waals surface area contributed by atoms with Crippen LogP contribution in [0.2, 0.25) is 0 Å². The zero-order chi connectivity index (χ0) is 24.6. The van der Waals surface area contributed by atoms with Crippen molar-refractivity contribution in [3.63, 3.8) is 0 Å². The van der Waals surface area contributed by atoms with E-state index in [0.29, 0.717) is 22.4 Å². The normalized spacial score (nSPS) is 16.2. The quantitative estimate of drug-likeness (QED) is 0.635. The van der Waals surface area contributed by atoms with Gasteiger partial charge < -0.3 is 15.0 Å². The molecule has 33 heavy (non-hydrogen) atoms. The Kier molecular flexibility index (Phi) is 6.72. The Balaban J connectivity index is 1.95. The van der Waals surface area contributed by atoms with Crippen LogP contribution in [-0.4, -0.2) is 36.5 Å². The van der Waals surface area contributed by atoms with Crippen LogP contribution in [0.15, 0.2) is 36.4 Å². The van der Waals surface area contributed by atoms with Gasteiger partial charge >= 0.3 is 6.18 Å². The number of anilines is 1. The lowest BCUT2D eigenvalue weighted by atomic mass is 9.86. The Morgan fingerprint density at radius 2 is 1.82 bits per heavy atom. The first-order chi connectivity index (χ1) is 15.3. The highest BCUT2D eigenvalue weighted by atomic mass is 19.4. The van der Waals surface area contributed by atoms with E-state index in [1.54, 1.807) is 24.3 Å². The molecule has 178 valence electrons. The topological polar surface area (TPSA) is 58.6 Å². The molecule has 0 aromatic heterocycles. The lowest BCUT2D eigenvalue weighted by Gasteiger charge is -2.36. The second-order valence-corrected chi connectivity index (χ2v) is 9.03. The van der Waals surface area contributed by atoms with Crippen LogP contribution in [0.25, 0.3) is 0 Å². The zero-order valence-electron chi connectivity index (χ0n) is 18.8. The number of nitrogens with zero attached hydrogens (tertiary/aromatic N) is 1. The van der Waals surface area contributed by atoms with Gasteiger partial charge in [-0.15, -0.1) is 0 Å². The zero-order valence-corrected chi connectivity index (χ0v) is 18.8. The van der Waals surface area contributed by atoms with Gasteiger partial charge in [-0.25, -0.2) is 4.39 Å². The van der Waals surface area contributed by atoms with Gasteiger partial charge in [-0.05, 0) is 52.8 Å². The molecule has 2 aromatic rings. The summed E-state index contributed by atoms with van der Waals surface area (Å²) in [5.74, 6) is -1.90. The van der Waals surface area contributed by atoms with Gasteiger partial charge in [0.05, 0.1) is 7.11 Å². The molecule has 0 bridgehead atoms. The fourth-order valence-electron chi connectivity index (χ4n) is 3.97. The summed E-state index contributed by atoms with van der Waals surface area (Å²) in [6.45, 7) is 5.48. The minimum atomic E-state index is -4.70. The van der Waals surface area contributed by atoms with Gasteiger partial charge in [-0.1, -0.05) is 32.9 Å². The van der Waals surface area contributed by atoms with Crippen molar-refractivity contribution in [1.29, 1.82) is 0 Å². The predicted molar refractivity (Wildman–Crippen MR) is 116 cm³/mol. The Morgan fingerprint density at radius 3 is 2.39 bits per heavy atom. The van der Waals surface area contributed by atoms with E-state index >= 15 is 0 Å². The molecule has 0 spiro atoms. The monoisotopic (exact) mass is 466 g/mol. The number of hydrogen-bond donors (Lipinski definition) is 1. The van der Waals surface area contributed by atoms with E-state index < -0.39 is 41.7 Å². The molecule has 2 aromatic carbocycles. The van der Waals surface area contributed by atoms with Gasteiger partial charge in [0.15, 0.2) is 0 Å². The van der Waals surface area contributed by atoms with Crippen LogP contribution in [-0.2, 0) is 21.4 Å². The lowest BCUT2D eigenvalue weighted by Crippen LogP contribution is -2.46. The first kappa shape index (κ1) is 24.5. The van der Waals surface area contributed by atoms with Crippen molar-refractivity contribution < 1.29 is 31.9 Å². The van der Waals surface area contributed by atoms with Crippen molar-refractivity contribution in [2.75, 3.05) is 19.0 Å². The van der Waals surface area contributed by atoms with Crippen LogP contribution >= 0.6 is 0 Å². The lowest BCUT2D eigenvalue weighted by molar-refractivity contribution is -0.164. The molecule has 1 aliphatic rings. The van der Waals surface area contributed by atoms with Gasteiger partial charge in [0.2, 0.25) is 5.91 Å². The molecule has 1 heterocycles. The number of nitrogens with one attached hydrogen (secondary N) is 1. The number of rotatable bonds is 4. The molecule has 0 radical (unpaired) electrons. The number of fused-ring (bicyclic) bond motifs is 1. The summed E-state index contributed by atoms with van der Waals surface area (Å²) in [6, 6.07) is 7.79. The first-order valence-electron chi connectivity index (χ1n) is 10.4. The summed E-state index contributed by atoms with van der Waals surface area (Å²) in [7, 11) is 1.48. The van der Waals surface area contributed by atoms with Gasteiger partial charge in [0, 0.05) is 12.2 Å². The van der Waals surface area contributed by atoms with Gasteiger partial charge in [-0.3, -0.25) is 9.59 Å². The highest BCUT2D eigenvalue weighted by Gasteiger charge is 2.40. The molecule has 9 heteroatoms. The van der Waals surface area contributed by atoms with Crippen molar-refractivity contribution in [2.24, 2.45) is 0 Å². The van der Waals surface area contributed by atoms with Gasteiger partial charge in [0.25, 0.3) is 5.91 Å². The molecule has 0 saturated carbocycles. The van der Waals surface area contributed by atoms with E-state index in [4.69, 9.17) is 4.74 Å². The van der Waals surface area contributed by atoms with Crippen molar-refractivity contribution in [2.45, 2.75) is 51.2 Å². The van der Waals surface area contributed by atoms with Crippen LogP contribution < -0.4 is 10.1 Å². The molecule has 1 atom stereocenters. The summed E-state index contributed by atoms with van der Waals surface area (Å²) < 4.78 is 58.5. The number of alkyl halides is 3. The maximum Gasteiger partial charge on any atom is 0.397 e. The standard InChI is InChI=1S/C24H26F4N2O3/c1-23(2,3)18-8-5-15(12-19(18)25)29-22(32)21-17-7-6-16(33-4)11-14(17)9-10-30(21)20(31)13-24(26,27)28/h5-8,11-12,21H,9-10,13H2,1-4H3,(H,29,32)/t21-/m1/s1. The van der Waals surface area contributed by atoms with Crippen LogP contribution in [0.3, 0.4) is 0 Å². The Bertz CT molecular complexity index is 1060. The smallest absolute Gasteiger partial charge is 0.397 e. The molecule has 2 amide bonds. The molecule has 3 rings (SSSR count). The second-order valence-electron chi connectivity index (χ2n) is 9.03. The minimum absolute atomic E-state index is 0.0650. The van der Waals surface area contributed by atoms with Gasteiger partial charge in [-0.2, -0.15) is 13.2 Å². The number of carbonyl (C=O) groups excluding carboxylic acids is 2. The number of benzene rings is 2. The molecule has 0 unspecified atom stereocenters. The number of hydrogen-bond acceptors (Lipinski definition) is 3. The van der Waals surface area contributed by atoms with Crippen molar-refractivity contribution >= 4 is 17.5 Å². The van der Waals surface area contributed by atoms with Crippen LogP contribution in [0, 0.1) is 5.82 Å². The summed E-state index contributed by atoms with van der Waals surface area (Å²) >= 11 is 0. The number of methoxy groups -OCH3 is 1. The summed E-state index contributed by atoms with van der Waals surface area (Å²) in [5, 5.41) is 2.56. The Hall–Kier alpha value is -3.10. The van der Waals surface area contributed by atoms with E-state index in [0.717, 1.165) is 11.0 Å². The molecule has 0 aliphatic carbocycles.